The van der Waals surface area contributed by atoms with E-state index in [0.29, 0.717) is 36.1 Å². The highest BCUT2D eigenvalue weighted by Crippen LogP contribution is 2.38. The Hall–Kier alpha value is -3.04. The predicted octanol–water partition coefficient (Wildman–Crippen LogP) is 2.33. The highest BCUT2D eigenvalue weighted by atomic mass is 32.1. The zero-order valence-electron chi connectivity index (χ0n) is 17.1. The number of carbonyl (C=O) groups is 2. The van der Waals surface area contributed by atoms with Gasteiger partial charge in [-0.3, -0.25) is 9.59 Å². The predicted molar refractivity (Wildman–Crippen MR) is 116 cm³/mol. The Labute approximate surface area is 178 Å². The zero-order chi connectivity index (χ0) is 21.3. The van der Waals surface area contributed by atoms with Crippen LogP contribution in [0.4, 0.5) is 5.95 Å². The Morgan fingerprint density at radius 3 is 2.67 bits per heavy atom. The average molecular weight is 426 g/mol. The van der Waals surface area contributed by atoms with Gasteiger partial charge in [0.15, 0.2) is 0 Å². The molecule has 3 aromatic rings. The van der Waals surface area contributed by atoms with Crippen molar-refractivity contribution in [2.45, 2.75) is 6.10 Å². The van der Waals surface area contributed by atoms with Crippen LogP contribution in [-0.4, -0.2) is 67.5 Å². The van der Waals surface area contributed by atoms with Gasteiger partial charge in [0.05, 0.1) is 23.6 Å². The fourth-order valence-corrected chi connectivity index (χ4v) is 4.72. The molecule has 2 aromatic heterocycles. The lowest BCUT2D eigenvalue weighted by molar-refractivity contribution is -0.0222. The highest BCUT2D eigenvalue weighted by Gasteiger charge is 2.31. The Bertz CT molecular complexity index is 1080. The van der Waals surface area contributed by atoms with Crippen LogP contribution < -0.4 is 10.2 Å². The van der Waals surface area contributed by atoms with Crippen molar-refractivity contribution in [1.29, 1.82) is 0 Å². The third kappa shape index (κ3) is 3.73. The molecule has 1 aliphatic heterocycles. The van der Waals surface area contributed by atoms with Gasteiger partial charge in [-0.05, 0) is 11.5 Å². The van der Waals surface area contributed by atoms with Crippen LogP contribution in [0.15, 0.2) is 36.7 Å². The maximum atomic E-state index is 13.0. The second kappa shape index (κ2) is 8.37. The topological polar surface area (TPSA) is 87.7 Å². The number of nitrogens with one attached hydrogen (secondary N) is 1. The van der Waals surface area contributed by atoms with E-state index in [-0.39, 0.29) is 17.9 Å². The van der Waals surface area contributed by atoms with Crippen molar-refractivity contribution in [2.24, 2.45) is 0 Å². The number of fused-ring (bicyclic) bond motifs is 1. The summed E-state index contributed by atoms with van der Waals surface area (Å²) in [7, 11) is 5.31. The van der Waals surface area contributed by atoms with Gasteiger partial charge in [-0.25, -0.2) is 9.97 Å². The maximum Gasteiger partial charge on any atom is 0.261 e. The minimum Gasteiger partial charge on any atom is -0.370 e. The molecule has 0 radical (unpaired) electrons. The number of hydrogen-bond donors (Lipinski definition) is 1. The maximum absolute atomic E-state index is 13.0. The number of rotatable bonds is 4. The molecule has 0 saturated carbocycles. The van der Waals surface area contributed by atoms with Crippen LogP contribution in [0.25, 0.3) is 10.1 Å². The zero-order valence-corrected chi connectivity index (χ0v) is 17.9. The van der Waals surface area contributed by atoms with E-state index in [1.165, 1.54) is 11.3 Å². The van der Waals surface area contributed by atoms with Gasteiger partial charge in [0.2, 0.25) is 5.95 Å². The van der Waals surface area contributed by atoms with Crippen LogP contribution in [0.2, 0.25) is 0 Å². The third-order valence-corrected chi connectivity index (χ3v) is 6.21. The van der Waals surface area contributed by atoms with Crippen molar-refractivity contribution < 1.29 is 14.3 Å². The molecule has 30 heavy (non-hydrogen) atoms. The number of thiophene rings is 1. The van der Waals surface area contributed by atoms with E-state index in [0.717, 1.165) is 15.6 Å². The lowest BCUT2D eigenvalue weighted by atomic mass is 10.0. The van der Waals surface area contributed by atoms with Crippen LogP contribution in [0.3, 0.4) is 0 Å². The van der Waals surface area contributed by atoms with E-state index in [4.69, 9.17) is 4.74 Å². The smallest absolute Gasteiger partial charge is 0.261 e. The molecule has 1 saturated heterocycles. The fourth-order valence-electron chi connectivity index (χ4n) is 3.52. The molecule has 3 heterocycles. The Kier molecular flexibility index (Phi) is 5.65. The minimum atomic E-state index is -0.381. The van der Waals surface area contributed by atoms with Crippen LogP contribution in [-0.2, 0) is 4.74 Å². The van der Waals surface area contributed by atoms with Crippen LogP contribution in [0.1, 0.15) is 31.7 Å². The summed E-state index contributed by atoms with van der Waals surface area (Å²) in [6.45, 7) is 1.23. The molecule has 1 N–H and O–H groups in total. The summed E-state index contributed by atoms with van der Waals surface area (Å²) in [4.78, 5) is 38.2. The molecule has 156 valence electrons. The minimum absolute atomic E-state index is 0.144. The Morgan fingerprint density at radius 1 is 1.23 bits per heavy atom. The van der Waals surface area contributed by atoms with Gasteiger partial charge in [-0.15, -0.1) is 11.3 Å². The summed E-state index contributed by atoms with van der Waals surface area (Å²) in [5.74, 6) is 0.256. The van der Waals surface area contributed by atoms with Crippen LogP contribution >= 0.6 is 11.3 Å². The summed E-state index contributed by atoms with van der Waals surface area (Å²) in [5, 5.41) is 3.70. The van der Waals surface area contributed by atoms with Gasteiger partial charge in [0, 0.05) is 50.3 Å². The second-order valence-electron chi connectivity index (χ2n) is 7.20. The largest absolute Gasteiger partial charge is 0.370 e. The Morgan fingerprint density at radius 2 is 1.97 bits per heavy atom. The first-order valence-corrected chi connectivity index (χ1v) is 10.4. The first-order chi connectivity index (χ1) is 14.5. The van der Waals surface area contributed by atoms with Crippen molar-refractivity contribution in [3.63, 3.8) is 0 Å². The summed E-state index contributed by atoms with van der Waals surface area (Å²) < 4.78 is 7.05. The fraction of sp³-hybridized carbons (Fsp3) is 0.333. The number of morpholine rings is 1. The molecule has 1 atom stereocenters. The SMILES string of the molecule is CNC(=O)c1sc2ccccc2c1C1CN(C(=O)c2cnc(N(C)C)nc2)CCO1. The first-order valence-electron chi connectivity index (χ1n) is 9.63. The number of aromatic nitrogens is 2. The summed E-state index contributed by atoms with van der Waals surface area (Å²) in [6, 6.07) is 7.88. The van der Waals surface area contributed by atoms with Gasteiger partial charge >= 0.3 is 0 Å². The molecule has 1 unspecified atom stereocenters. The number of nitrogens with zero attached hydrogens (tertiary/aromatic N) is 4. The lowest BCUT2D eigenvalue weighted by Crippen LogP contribution is -2.42. The van der Waals surface area contributed by atoms with E-state index >= 15 is 0 Å². The standard InChI is InChI=1S/C21H23N5O3S/c1-22-19(27)18-17(14-6-4-5-7-16(14)30-18)15-12-26(8-9-29-15)20(28)13-10-23-21(24-11-13)25(2)3/h4-7,10-11,15H,8-9,12H2,1-3H3,(H,22,27). The lowest BCUT2D eigenvalue weighted by Gasteiger charge is -2.33. The molecule has 0 bridgehead atoms. The molecule has 0 aliphatic carbocycles. The van der Waals surface area contributed by atoms with Crippen molar-refractivity contribution in [3.05, 3.63) is 52.7 Å². The van der Waals surface area contributed by atoms with Crippen molar-refractivity contribution in [3.8, 4) is 0 Å². The van der Waals surface area contributed by atoms with Crippen molar-refractivity contribution in [2.75, 3.05) is 45.7 Å². The molecule has 4 rings (SSSR count). The molecule has 1 aromatic carbocycles. The van der Waals surface area contributed by atoms with Crippen LogP contribution in [0, 0.1) is 0 Å². The normalized spacial score (nSPS) is 16.5. The summed E-state index contributed by atoms with van der Waals surface area (Å²) in [6.07, 6.45) is 2.71. The molecule has 8 nitrogen and oxygen atoms in total. The number of amides is 2. The monoisotopic (exact) mass is 425 g/mol. The molecular formula is C21H23N5O3S. The van der Waals surface area contributed by atoms with Crippen molar-refractivity contribution >= 4 is 39.2 Å². The molecule has 1 aliphatic rings. The summed E-state index contributed by atoms with van der Waals surface area (Å²) >= 11 is 1.44. The second-order valence-corrected chi connectivity index (χ2v) is 8.25. The van der Waals surface area contributed by atoms with Gasteiger partial charge in [0.25, 0.3) is 11.8 Å². The number of hydrogen-bond acceptors (Lipinski definition) is 7. The average Bonchev–Trinajstić information content (AvgIpc) is 3.18. The van der Waals surface area contributed by atoms with Gasteiger partial charge in [-0.1, -0.05) is 18.2 Å². The van der Waals surface area contributed by atoms with E-state index in [1.54, 1.807) is 29.2 Å². The van der Waals surface area contributed by atoms with E-state index in [2.05, 4.69) is 15.3 Å². The molecule has 2 amide bonds. The molecule has 9 heteroatoms. The van der Waals surface area contributed by atoms with Crippen molar-refractivity contribution in [1.82, 2.24) is 20.2 Å². The van der Waals surface area contributed by atoms with Gasteiger partial charge < -0.3 is 19.9 Å². The van der Waals surface area contributed by atoms with Crippen LogP contribution in [0.5, 0.6) is 0 Å². The third-order valence-electron chi connectivity index (χ3n) is 5.03. The number of anilines is 1. The highest BCUT2D eigenvalue weighted by molar-refractivity contribution is 7.21. The van der Waals surface area contributed by atoms with Gasteiger partial charge in [-0.2, -0.15) is 0 Å². The van der Waals surface area contributed by atoms with Gasteiger partial charge in [0.1, 0.15) is 6.10 Å². The Balaban J connectivity index is 1.63. The van der Waals surface area contributed by atoms with E-state index < -0.39 is 0 Å². The summed E-state index contributed by atoms with van der Waals surface area (Å²) in [5.41, 5.74) is 1.27. The number of ether oxygens (including phenoxy) is 1. The molecular weight excluding hydrogens is 402 g/mol. The van der Waals surface area contributed by atoms with E-state index in [1.807, 2.05) is 38.4 Å². The number of carbonyl (C=O) groups excluding carboxylic acids is 2. The molecule has 1 fully saturated rings. The number of benzene rings is 1. The quantitative estimate of drug-likeness (QED) is 0.690. The van der Waals surface area contributed by atoms with E-state index in [9.17, 15) is 9.59 Å². The first kappa shape index (κ1) is 20.2. The molecule has 0 spiro atoms.